The van der Waals surface area contributed by atoms with Crippen molar-refractivity contribution in [1.29, 1.82) is 0 Å². The molecule has 1 aliphatic heterocycles. The van der Waals surface area contributed by atoms with Crippen LogP contribution in [0.2, 0.25) is 0 Å². The zero-order chi connectivity index (χ0) is 19.3. The lowest BCUT2D eigenvalue weighted by molar-refractivity contribution is 0.0753. The van der Waals surface area contributed by atoms with Crippen LogP contribution >= 0.6 is 0 Å². The average Bonchev–Trinajstić information content (AvgIpc) is 3.40. The van der Waals surface area contributed by atoms with Gasteiger partial charge in [0.25, 0.3) is 5.91 Å². The molecule has 1 amide bonds. The molecule has 1 saturated heterocycles. The molecular weight excluding hydrogens is 348 g/mol. The van der Waals surface area contributed by atoms with Gasteiger partial charge in [-0.3, -0.25) is 9.69 Å². The number of aryl methyl sites for hydroxylation is 1. The van der Waals surface area contributed by atoms with Crippen molar-refractivity contribution in [2.75, 3.05) is 13.1 Å². The number of carbonyl (C=O) groups excluding carboxylic acids is 1. The highest BCUT2D eigenvalue weighted by Gasteiger charge is 2.25. The third kappa shape index (κ3) is 4.67. The standard InChI is InChI=1S/C24H32N2O2/c1-19-8-7-9-20(16-19)17-26(21-10-3-2-4-11-21)18-22-12-13-23(28-22)24(27)25-14-5-6-15-25/h7-9,12-13,16,21H,2-6,10-11,14-15,17-18H2,1H3. The van der Waals surface area contributed by atoms with Crippen LogP contribution in [0.4, 0.5) is 0 Å². The molecule has 4 heteroatoms. The van der Waals surface area contributed by atoms with Crippen LogP contribution in [0.5, 0.6) is 0 Å². The first-order valence-electron chi connectivity index (χ1n) is 10.9. The first-order chi connectivity index (χ1) is 13.7. The molecule has 2 aromatic rings. The lowest BCUT2D eigenvalue weighted by Gasteiger charge is -2.34. The fourth-order valence-electron chi connectivity index (χ4n) is 4.66. The van der Waals surface area contributed by atoms with Gasteiger partial charge in [0, 0.05) is 25.7 Å². The summed E-state index contributed by atoms with van der Waals surface area (Å²) in [6, 6.07) is 13.2. The Hall–Kier alpha value is -2.07. The number of rotatable bonds is 6. The predicted octanol–water partition coefficient (Wildman–Crippen LogP) is 5.16. The van der Waals surface area contributed by atoms with Crippen molar-refractivity contribution in [2.45, 2.75) is 71.0 Å². The van der Waals surface area contributed by atoms with Crippen LogP contribution in [0.3, 0.4) is 0 Å². The second-order valence-corrected chi connectivity index (χ2v) is 8.45. The highest BCUT2D eigenvalue weighted by molar-refractivity contribution is 5.91. The third-order valence-corrected chi connectivity index (χ3v) is 6.18. The monoisotopic (exact) mass is 380 g/mol. The van der Waals surface area contributed by atoms with E-state index in [0.717, 1.165) is 44.8 Å². The Morgan fingerprint density at radius 1 is 1.04 bits per heavy atom. The summed E-state index contributed by atoms with van der Waals surface area (Å²) in [7, 11) is 0. The van der Waals surface area contributed by atoms with E-state index in [9.17, 15) is 4.79 Å². The largest absolute Gasteiger partial charge is 0.455 e. The van der Waals surface area contributed by atoms with Crippen LogP contribution in [0.15, 0.2) is 40.8 Å². The molecule has 2 heterocycles. The Morgan fingerprint density at radius 3 is 2.57 bits per heavy atom. The van der Waals surface area contributed by atoms with Crippen molar-refractivity contribution in [2.24, 2.45) is 0 Å². The average molecular weight is 381 g/mol. The topological polar surface area (TPSA) is 36.7 Å². The summed E-state index contributed by atoms with van der Waals surface area (Å²) < 4.78 is 6.01. The van der Waals surface area contributed by atoms with Crippen molar-refractivity contribution in [3.8, 4) is 0 Å². The quantitative estimate of drug-likeness (QED) is 0.695. The van der Waals surface area contributed by atoms with Gasteiger partial charge < -0.3 is 9.32 Å². The van der Waals surface area contributed by atoms with E-state index in [1.165, 1.54) is 43.2 Å². The zero-order valence-corrected chi connectivity index (χ0v) is 17.0. The summed E-state index contributed by atoms with van der Waals surface area (Å²) in [5.41, 5.74) is 2.66. The highest BCUT2D eigenvalue weighted by Crippen LogP contribution is 2.26. The molecule has 2 fully saturated rings. The third-order valence-electron chi connectivity index (χ3n) is 6.18. The van der Waals surface area contributed by atoms with Gasteiger partial charge in [-0.05, 0) is 50.3 Å². The minimum Gasteiger partial charge on any atom is -0.455 e. The maximum Gasteiger partial charge on any atom is 0.289 e. The molecule has 1 aromatic heterocycles. The van der Waals surface area contributed by atoms with E-state index < -0.39 is 0 Å². The molecule has 0 N–H and O–H groups in total. The van der Waals surface area contributed by atoms with E-state index in [4.69, 9.17) is 4.42 Å². The normalized spacial score (nSPS) is 18.1. The van der Waals surface area contributed by atoms with Crippen LogP contribution in [-0.2, 0) is 13.1 Å². The summed E-state index contributed by atoms with van der Waals surface area (Å²) >= 11 is 0. The summed E-state index contributed by atoms with van der Waals surface area (Å²) in [5.74, 6) is 1.45. The van der Waals surface area contributed by atoms with E-state index in [2.05, 4.69) is 36.1 Å². The smallest absolute Gasteiger partial charge is 0.289 e. The first-order valence-corrected chi connectivity index (χ1v) is 10.9. The van der Waals surface area contributed by atoms with E-state index in [1.54, 1.807) is 0 Å². The zero-order valence-electron chi connectivity index (χ0n) is 17.0. The number of hydrogen-bond donors (Lipinski definition) is 0. The minimum absolute atomic E-state index is 0.0478. The van der Waals surface area contributed by atoms with Crippen LogP contribution in [0.1, 0.15) is 72.4 Å². The summed E-state index contributed by atoms with van der Waals surface area (Å²) in [6.07, 6.45) is 8.69. The number of benzene rings is 1. The molecule has 4 nitrogen and oxygen atoms in total. The van der Waals surface area contributed by atoms with Crippen LogP contribution in [0.25, 0.3) is 0 Å². The van der Waals surface area contributed by atoms with Crippen molar-refractivity contribution in [1.82, 2.24) is 9.80 Å². The fourth-order valence-corrected chi connectivity index (χ4v) is 4.66. The van der Waals surface area contributed by atoms with Crippen LogP contribution < -0.4 is 0 Å². The van der Waals surface area contributed by atoms with E-state index >= 15 is 0 Å². The molecule has 0 radical (unpaired) electrons. The van der Waals surface area contributed by atoms with Crippen molar-refractivity contribution in [3.63, 3.8) is 0 Å². The number of likely N-dealkylation sites (tertiary alicyclic amines) is 1. The Kier molecular flexibility index (Phi) is 6.16. The summed E-state index contributed by atoms with van der Waals surface area (Å²) in [5, 5.41) is 0. The van der Waals surface area contributed by atoms with Gasteiger partial charge >= 0.3 is 0 Å². The molecule has 28 heavy (non-hydrogen) atoms. The lowest BCUT2D eigenvalue weighted by Crippen LogP contribution is -2.35. The van der Waals surface area contributed by atoms with Crippen molar-refractivity contribution in [3.05, 3.63) is 59.0 Å². The van der Waals surface area contributed by atoms with E-state index in [0.29, 0.717) is 11.8 Å². The van der Waals surface area contributed by atoms with Gasteiger partial charge in [0.15, 0.2) is 5.76 Å². The Balaban J connectivity index is 1.48. The lowest BCUT2D eigenvalue weighted by atomic mass is 9.93. The first kappa shape index (κ1) is 19.3. The Labute approximate surface area is 168 Å². The molecule has 4 rings (SSSR count). The minimum atomic E-state index is 0.0478. The second-order valence-electron chi connectivity index (χ2n) is 8.45. The number of hydrogen-bond acceptors (Lipinski definition) is 3. The van der Waals surface area contributed by atoms with Crippen LogP contribution in [0, 0.1) is 6.92 Å². The number of carbonyl (C=O) groups is 1. The summed E-state index contributed by atoms with van der Waals surface area (Å²) in [4.78, 5) is 17.1. The number of amides is 1. The maximum absolute atomic E-state index is 12.6. The van der Waals surface area contributed by atoms with Gasteiger partial charge in [-0.15, -0.1) is 0 Å². The molecule has 1 aromatic carbocycles. The molecule has 0 atom stereocenters. The van der Waals surface area contributed by atoms with E-state index in [-0.39, 0.29) is 5.91 Å². The molecule has 1 aliphatic carbocycles. The maximum atomic E-state index is 12.6. The van der Waals surface area contributed by atoms with Gasteiger partial charge in [0.1, 0.15) is 5.76 Å². The molecular formula is C24H32N2O2. The number of furan rings is 1. The molecule has 150 valence electrons. The molecule has 1 saturated carbocycles. The van der Waals surface area contributed by atoms with Crippen molar-refractivity contribution < 1.29 is 9.21 Å². The van der Waals surface area contributed by atoms with Gasteiger partial charge in [0.2, 0.25) is 0 Å². The Morgan fingerprint density at radius 2 is 1.82 bits per heavy atom. The number of nitrogens with zero attached hydrogens (tertiary/aromatic N) is 2. The predicted molar refractivity (Wildman–Crippen MR) is 111 cm³/mol. The van der Waals surface area contributed by atoms with Crippen LogP contribution in [-0.4, -0.2) is 34.8 Å². The molecule has 0 spiro atoms. The second kappa shape index (κ2) is 8.95. The molecule has 2 aliphatic rings. The highest BCUT2D eigenvalue weighted by atomic mass is 16.4. The SMILES string of the molecule is Cc1cccc(CN(Cc2ccc(C(=O)N3CCCC3)o2)C2CCCCC2)c1. The fraction of sp³-hybridized carbons (Fsp3) is 0.542. The van der Waals surface area contributed by atoms with E-state index in [1.807, 2.05) is 17.0 Å². The van der Waals surface area contributed by atoms with Gasteiger partial charge in [-0.1, -0.05) is 49.1 Å². The van der Waals surface area contributed by atoms with Gasteiger partial charge in [-0.2, -0.15) is 0 Å². The molecule has 0 bridgehead atoms. The molecule has 0 unspecified atom stereocenters. The van der Waals surface area contributed by atoms with Gasteiger partial charge in [0.05, 0.1) is 6.54 Å². The summed E-state index contributed by atoms with van der Waals surface area (Å²) in [6.45, 7) is 5.57. The van der Waals surface area contributed by atoms with Crippen molar-refractivity contribution >= 4 is 5.91 Å². The Bertz CT molecular complexity index is 785. The van der Waals surface area contributed by atoms with Gasteiger partial charge in [-0.25, -0.2) is 0 Å².